The molecule has 0 aliphatic carbocycles. The molecule has 1 atom stereocenters. The number of amides is 2. The van der Waals surface area contributed by atoms with Gasteiger partial charge in [-0.1, -0.05) is 91.0 Å². The Balaban J connectivity index is 1.86. The summed E-state index contributed by atoms with van der Waals surface area (Å²) in [6.45, 7) is 0. The van der Waals surface area contributed by atoms with Crippen LogP contribution in [0.3, 0.4) is 0 Å². The van der Waals surface area contributed by atoms with E-state index in [9.17, 15) is 9.59 Å². The van der Waals surface area contributed by atoms with Crippen LogP contribution in [0.25, 0.3) is 0 Å². The molecule has 0 saturated heterocycles. The van der Waals surface area contributed by atoms with E-state index in [1.807, 2.05) is 91.0 Å². The van der Waals surface area contributed by atoms with Gasteiger partial charge in [-0.05, 0) is 16.7 Å². The molecule has 0 aliphatic rings. The topological polar surface area (TPSA) is 72.2 Å². The van der Waals surface area contributed by atoms with E-state index in [1.165, 1.54) is 0 Å². The molecule has 0 unspecified atom stereocenters. The monoisotopic (exact) mass is 358 g/mol. The smallest absolute Gasteiger partial charge is 0.240 e. The fraction of sp³-hybridized carbons (Fsp3) is 0.130. The number of hydrogen-bond acceptors (Lipinski definition) is 2. The molecule has 3 aromatic rings. The third-order valence-corrected chi connectivity index (χ3v) is 4.47. The molecule has 4 heteroatoms. The van der Waals surface area contributed by atoms with Crippen LogP contribution >= 0.6 is 0 Å². The molecular formula is C23H22N2O2. The second kappa shape index (κ2) is 8.81. The van der Waals surface area contributed by atoms with Gasteiger partial charge in [-0.25, -0.2) is 0 Å². The molecule has 0 spiro atoms. The van der Waals surface area contributed by atoms with Gasteiger partial charge in [-0.3, -0.25) is 9.59 Å². The highest BCUT2D eigenvalue weighted by molar-refractivity contribution is 5.92. The third kappa shape index (κ3) is 4.82. The van der Waals surface area contributed by atoms with E-state index < -0.39 is 17.9 Å². The first-order chi connectivity index (χ1) is 13.1. The molecule has 3 aromatic carbocycles. The molecule has 0 radical (unpaired) electrons. The lowest BCUT2D eigenvalue weighted by Crippen LogP contribution is -2.47. The third-order valence-electron chi connectivity index (χ3n) is 4.47. The van der Waals surface area contributed by atoms with Gasteiger partial charge in [-0.2, -0.15) is 0 Å². The number of hydrogen-bond donors (Lipinski definition) is 2. The van der Waals surface area contributed by atoms with Gasteiger partial charge in [0.1, 0.15) is 6.04 Å². The van der Waals surface area contributed by atoms with Crippen LogP contribution in [-0.4, -0.2) is 17.9 Å². The van der Waals surface area contributed by atoms with Crippen molar-refractivity contribution in [2.75, 3.05) is 0 Å². The van der Waals surface area contributed by atoms with Gasteiger partial charge in [0, 0.05) is 6.42 Å². The van der Waals surface area contributed by atoms with Crippen molar-refractivity contribution in [3.8, 4) is 0 Å². The highest BCUT2D eigenvalue weighted by atomic mass is 16.2. The molecule has 2 amide bonds. The quantitative estimate of drug-likeness (QED) is 0.681. The Morgan fingerprint density at radius 1 is 0.741 bits per heavy atom. The van der Waals surface area contributed by atoms with E-state index in [2.05, 4.69) is 5.32 Å². The average molecular weight is 358 g/mol. The summed E-state index contributed by atoms with van der Waals surface area (Å²) in [5.41, 5.74) is 8.23. The van der Waals surface area contributed by atoms with E-state index in [0.717, 1.165) is 16.7 Å². The van der Waals surface area contributed by atoms with Crippen LogP contribution in [-0.2, 0) is 16.0 Å². The largest absolute Gasteiger partial charge is 0.368 e. The summed E-state index contributed by atoms with van der Waals surface area (Å²) in [5.74, 6) is -1.30. The summed E-state index contributed by atoms with van der Waals surface area (Å²) >= 11 is 0. The average Bonchev–Trinajstić information content (AvgIpc) is 2.70. The molecule has 0 aliphatic heterocycles. The van der Waals surface area contributed by atoms with Gasteiger partial charge < -0.3 is 11.1 Å². The van der Waals surface area contributed by atoms with Crippen LogP contribution in [0.15, 0.2) is 91.0 Å². The first-order valence-electron chi connectivity index (χ1n) is 8.88. The summed E-state index contributed by atoms with van der Waals surface area (Å²) in [6, 6.07) is 27.8. The molecule has 3 N–H and O–H groups in total. The molecular weight excluding hydrogens is 336 g/mol. The summed E-state index contributed by atoms with van der Waals surface area (Å²) < 4.78 is 0. The van der Waals surface area contributed by atoms with E-state index in [0.29, 0.717) is 6.42 Å². The summed E-state index contributed by atoms with van der Waals surface area (Å²) in [5, 5.41) is 2.85. The summed E-state index contributed by atoms with van der Waals surface area (Å²) in [4.78, 5) is 25.1. The molecule has 27 heavy (non-hydrogen) atoms. The van der Waals surface area contributed by atoms with E-state index >= 15 is 0 Å². The normalized spacial score (nSPS) is 11.7. The molecule has 0 fully saturated rings. The molecule has 3 rings (SSSR count). The van der Waals surface area contributed by atoms with Gasteiger partial charge >= 0.3 is 0 Å². The predicted molar refractivity (Wildman–Crippen MR) is 106 cm³/mol. The molecule has 0 heterocycles. The molecule has 4 nitrogen and oxygen atoms in total. The van der Waals surface area contributed by atoms with Crippen LogP contribution in [0.2, 0.25) is 0 Å². The van der Waals surface area contributed by atoms with Crippen molar-refractivity contribution in [2.24, 2.45) is 5.73 Å². The molecule has 136 valence electrons. The predicted octanol–water partition coefficient (Wildman–Crippen LogP) is 3.03. The number of carbonyl (C=O) groups is 2. The Morgan fingerprint density at radius 3 is 1.63 bits per heavy atom. The zero-order valence-corrected chi connectivity index (χ0v) is 14.9. The molecule has 0 aromatic heterocycles. The van der Waals surface area contributed by atoms with Crippen LogP contribution in [0.5, 0.6) is 0 Å². The maximum atomic E-state index is 13.1. The lowest BCUT2D eigenvalue weighted by atomic mass is 9.90. The SMILES string of the molecule is NC(=O)[C@H](Cc1ccccc1)NC(=O)C(c1ccccc1)c1ccccc1. The Hall–Kier alpha value is -3.40. The van der Waals surface area contributed by atoms with Crippen LogP contribution in [0, 0.1) is 0 Å². The van der Waals surface area contributed by atoms with Crippen molar-refractivity contribution in [1.82, 2.24) is 5.32 Å². The Kier molecular flexibility index (Phi) is 6.00. The zero-order chi connectivity index (χ0) is 19.1. The summed E-state index contributed by atoms with van der Waals surface area (Å²) in [6.07, 6.45) is 0.359. The van der Waals surface area contributed by atoms with E-state index in [4.69, 9.17) is 5.73 Å². The maximum Gasteiger partial charge on any atom is 0.240 e. The Bertz CT molecular complexity index is 841. The highest BCUT2D eigenvalue weighted by Crippen LogP contribution is 2.25. The number of nitrogens with one attached hydrogen (secondary N) is 1. The molecule has 0 saturated carbocycles. The second-order valence-corrected chi connectivity index (χ2v) is 6.41. The van der Waals surface area contributed by atoms with Crippen molar-refractivity contribution >= 4 is 11.8 Å². The van der Waals surface area contributed by atoms with Crippen molar-refractivity contribution in [2.45, 2.75) is 18.4 Å². The van der Waals surface area contributed by atoms with Gasteiger partial charge in [0.15, 0.2) is 0 Å². The Labute approximate surface area is 159 Å². The Morgan fingerprint density at radius 2 is 1.19 bits per heavy atom. The number of rotatable bonds is 7. The van der Waals surface area contributed by atoms with Gasteiger partial charge in [0.05, 0.1) is 5.92 Å². The van der Waals surface area contributed by atoms with Crippen LogP contribution in [0.1, 0.15) is 22.6 Å². The molecule has 0 bridgehead atoms. The minimum Gasteiger partial charge on any atom is -0.368 e. The van der Waals surface area contributed by atoms with Gasteiger partial charge in [0.2, 0.25) is 11.8 Å². The van der Waals surface area contributed by atoms with E-state index in [1.54, 1.807) is 0 Å². The van der Waals surface area contributed by atoms with E-state index in [-0.39, 0.29) is 5.91 Å². The number of carbonyl (C=O) groups excluding carboxylic acids is 2. The minimum absolute atomic E-state index is 0.243. The fourth-order valence-electron chi connectivity index (χ4n) is 3.11. The van der Waals surface area contributed by atoms with Gasteiger partial charge in [-0.15, -0.1) is 0 Å². The first-order valence-corrected chi connectivity index (χ1v) is 8.88. The first kappa shape index (κ1) is 18.4. The zero-order valence-electron chi connectivity index (χ0n) is 14.9. The van der Waals surface area contributed by atoms with Crippen molar-refractivity contribution < 1.29 is 9.59 Å². The second-order valence-electron chi connectivity index (χ2n) is 6.41. The lowest BCUT2D eigenvalue weighted by molar-refractivity contribution is -0.127. The standard InChI is InChI=1S/C23H22N2O2/c24-22(26)20(16-17-10-4-1-5-11-17)25-23(27)21(18-12-6-2-7-13-18)19-14-8-3-9-15-19/h1-15,20-21H,16H2,(H2,24,26)(H,25,27)/t20-/m0/s1. The number of benzene rings is 3. The summed E-state index contributed by atoms with van der Waals surface area (Å²) in [7, 11) is 0. The number of nitrogens with two attached hydrogens (primary N) is 1. The number of primary amides is 1. The van der Waals surface area contributed by atoms with Crippen molar-refractivity contribution in [3.05, 3.63) is 108 Å². The van der Waals surface area contributed by atoms with Crippen molar-refractivity contribution in [3.63, 3.8) is 0 Å². The fourth-order valence-corrected chi connectivity index (χ4v) is 3.11. The minimum atomic E-state index is -0.769. The van der Waals surface area contributed by atoms with Crippen LogP contribution in [0.4, 0.5) is 0 Å². The lowest BCUT2D eigenvalue weighted by Gasteiger charge is -2.22. The van der Waals surface area contributed by atoms with Crippen molar-refractivity contribution in [1.29, 1.82) is 0 Å². The van der Waals surface area contributed by atoms with Gasteiger partial charge in [0.25, 0.3) is 0 Å². The maximum absolute atomic E-state index is 13.1. The highest BCUT2D eigenvalue weighted by Gasteiger charge is 2.26. The van der Waals surface area contributed by atoms with Crippen LogP contribution < -0.4 is 11.1 Å².